The lowest BCUT2D eigenvalue weighted by Crippen LogP contribution is -2.28. The molecule has 0 radical (unpaired) electrons. The molecule has 1 aliphatic carbocycles. The van der Waals surface area contributed by atoms with Crippen LogP contribution in [0.2, 0.25) is 0 Å². The van der Waals surface area contributed by atoms with E-state index >= 15 is 0 Å². The molecule has 2 aromatic rings. The van der Waals surface area contributed by atoms with E-state index < -0.39 is 0 Å². The van der Waals surface area contributed by atoms with Gasteiger partial charge in [0.15, 0.2) is 5.88 Å². The summed E-state index contributed by atoms with van der Waals surface area (Å²) in [7, 11) is 0. The van der Waals surface area contributed by atoms with Crippen molar-refractivity contribution in [2.75, 3.05) is 13.1 Å². The van der Waals surface area contributed by atoms with Crippen LogP contribution < -0.4 is 5.32 Å². The number of hydrogen-bond donors (Lipinski definition) is 2. The van der Waals surface area contributed by atoms with Crippen molar-refractivity contribution in [1.82, 2.24) is 9.88 Å². The normalized spacial score (nSPS) is 20.4. The fraction of sp³-hybridized carbons (Fsp3) is 0.636. The summed E-state index contributed by atoms with van der Waals surface area (Å²) in [5, 5.41) is 16.5. The molecule has 1 saturated heterocycles. The van der Waals surface area contributed by atoms with Gasteiger partial charge in [-0.15, -0.1) is 0 Å². The molecule has 2 heterocycles. The van der Waals surface area contributed by atoms with Crippen molar-refractivity contribution in [1.29, 1.82) is 0 Å². The van der Waals surface area contributed by atoms with Crippen LogP contribution in [0.15, 0.2) is 18.3 Å². The van der Waals surface area contributed by atoms with Crippen LogP contribution in [0.4, 0.5) is 0 Å². The second-order valence-electron chi connectivity index (χ2n) is 8.38. The summed E-state index contributed by atoms with van der Waals surface area (Å²) < 4.78 is 2.11. The Hall–Kier alpha value is -1.48. The van der Waals surface area contributed by atoms with Crippen LogP contribution in [-0.4, -0.2) is 22.8 Å². The zero-order chi connectivity index (χ0) is 17.2. The molecule has 2 aliphatic rings. The standard InChI is InChI=1S/C22H32N2O/c1-16-11-19(12-17-7-9-23-10-8-17)13-20-15-24(22(25)21(16)20)14-18-5-3-2-4-6-18/h11,13,15,17-18,23,25H,2-10,12,14H2,1H3. The SMILES string of the molecule is Cc1cc(CC2CCNCC2)cc2cn(CC3CCCCC3)c(O)c12. The minimum Gasteiger partial charge on any atom is -0.494 e. The maximum atomic E-state index is 10.8. The van der Waals surface area contributed by atoms with Crippen LogP contribution in [0.25, 0.3) is 10.8 Å². The zero-order valence-electron chi connectivity index (χ0n) is 15.6. The van der Waals surface area contributed by atoms with E-state index in [1.54, 1.807) is 0 Å². The third-order valence-electron chi connectivity index (χ3n) is 6.38. The van der Waals surface area contributed by atoms with Crippen LogP contribution >= 0.6 is 0 Å². The average Bonchev–Trinajstić information content (AvgIpc) is 2.93. The first-order valence-corrected chi connectivity index (χ1v) is 10.2. The van der Waals surface area contributed by atoms with Gasteiger partial charge in [0.1, 0.15) is 0 Å². The summed E-state index contributed by atoms with van der Waals surface area (Å²) >= 11 is 0. The van der Waals surface area contributed by atoms with Crippen molar-refractivity contribution >= 4 is 10.8 Å². The van der Waals surface area contributed by atoms with Gasteiger partial charge in [-0.25, -0.2) is 0 Å². The molecule has 1 saturated carbocycles. The van der Waals surface area contributed by atoms with E-state index in [-0.39, 0.29) is 0 Å². The molecule has 136 valence electrons. The highest BCUT2D eigenvalue weighted by Gasteiger charge is 2.19. The fourth-order valence-electron chi connectivity index (χ4n) is 5.00. The van der Waals surface area contributed by atoms with Crippen molar-refractivity contribution in [3.05, 3.63) is 29.5 Å². The molecule has 25 heavy (non-hydrogen) atoms. The minimum atomic E-state index is 0.478. The first-order valence-electron chi connectivity index (χ1n) is 10.2. The molecule has 1 aromatic carbocycles. The highest BCUT2D eigenvalue weighted by Crippen LogP contribution is 2.34. The maximum Gasteiger partial charge on any atom is 0.199 e. The van der Waals surface area contributed by atoms with E-state index in [0.717, 1.165) is 36.9 Å². The summed E-state index contributed by atoms with van der Waals surface area (Å²) in [6, 6.07) is 4.62. The first kappa shape index (κ1) is 17.0. The van der Waals surface area contributed by atoms with E-state index in [0.29, 0.717) is 5.88 Å². The number of hydrogen-bond acceptors (Lipinski definition) is 2. The van der Waals surface area contributed by atoms with Crippen molar-refractivity contribution in [3.8, 4) is 5.88 Å². The van der Waals surface area contributed by atoms with Gasteiger partial charge < -0.3 is 15.0 Å². The Morgan fingerprint density at radius 3 is 2.56 bits per heavy atom. The average molecular weight is 341 g/mol. The van der Waals surface area contributed by atoms with Gasteiger partial charge in [0, 0.05) is 23.5 Å². The quantitative estimate of drug-likeness (QED) is 0.840. The van der Waals surface area contributed by atoms with Crippen molar-refractivity contribution in [2.45, 2.75) is 64.8 Å². The molecular formula is C22H32N2O. The van der Waals surface area contributed by atoms with Gasteiger partial charge in [-0.2, -0.15) is 0 Å². The fourth-order valence-corrected chi connectivity index (χ4v) is 5.00. The molecule has 0 unspecified atom stereocenters. The Kier molecular flexibility index (Phi) is 5.03. The van der Waals surface area contributed by atoms with E-state index in [1.165, 1.54) is 67.9 Å². The summed E-state index contributed by atoms with van der Waals surface area (Å²) in [5.74, 6) is 2.01. The lowest BCUT2D eigenvalue weighted by molar-refractivity contribution is 0.303. The third-order valence-corrected chi connectivity index (χ3v) is 6.38. The molecule has 3 heteroatoms. The number of fused-ring (bicyclic) bond motifs is 1. The summed E-state index contributed by atoms with van der Waals surface area (Å²) in [6.45, 7) is 5.44. The van der Waals surface area contributed by atoms with Gasteiger partial charge in [-0.05, 0) is 81.1 Å². The highest BCUT2D eigenvalue weighted by atomic mass is 16.3. The smallest absolute Gasteiger partial charge is 0.199 e. The van der Waals surface area contributed by atoms with Crippen molar-refractivity contribution in [2.24, 2.45) is 11.8 Å². The summed E-state index contributed by atoms with van der Waals surface area (Å²) in [4.78, 5) is 0. The highest BCUT2D eigenvalue weighted by molar-refractivity contribution is 5.91. The number of rotatable bonds is 4. The minimum absolute atomic E-state index is 0.478. The van der Waals surface area contributed by atoms with Gasteiger partial charge in [0.25, 0.3) is 0 Å². The molecule has 0 amide bonds. The van der Waals surface area contributed by atoms with Gasteiger partial charge in [0.2, 0.25) is 0 Å². The van der Waals surface area contributed by atoms with Crippen LogP contribution in [0.3, 0.4) is 0 Å². The van der Waals surface area contributed by atoms with E-state index in [4.69, 9.17) is 0 Å². The molecule has 2 N–H and O–H groups in total. The summed E-state index contributed by atoms with van der Waals surface area (Å²) in [5.41, 5.74) is 2.66. The Morgan fingerprint density at radius 1 is 1.04 bits per heavy atom. The molecule has 0 bridgehead atoms. The van der Waals surface area contributed by atoms with Crippen LogP contribution in [0.1, 0.15) is 56.1 Å². The number of nitrogens with zero attached hydrogens (tertiary/aromatic N) is 1. The van der Waals surface area contributed by atoms with Crippen LogP contribution in [-0.2, 0) is 13.0 Å². The van der Waals surface area contributed by atoms with E-state index in [9.17, 15) is 5.11 Å². The van der Waals surface area contributed by atoms with E-state index in [1.807, 2.05) is 0 Å². The van der Waals surface area contributed by atoms with E-state index in [2.05, 4.69) is 35.1 Å². The number of aromatic nitrogens is 1. The molecule has 3 nitrogen and oxygen atoms in total. The topological polar surface area (TPSA) is 37.2 Å². The number of nitrogens with one attached hydrogen (secondary N) is 1. The Labute approximate surface area is 151 Å². The van der Waals surface area contributed by atoms with Gasteiger partial charge >= 0.3 is 0 Å². The second-order valence-corrected chi connectivity index (χ2v) is 8.38. The zero-order valence-corrected chi connectivity index (χ0v) is 15.6. The Morgan fingerprint density at radius 2 is 1.80 bits per heavy atom. The van der Waals surface area contributed by atoms with Crippen LogP contribution in [0.5, 0.6) is 5.88 Å². The predicted molar refractivity (Wildman–Crippen MR) is 104 cm³/mol. The molecule has 0 atom stereocenters. The Bertz CT molecular complexity index is 721. The predicted octanol–water partition coefficient (Wildman–Crippen LogP) is 4.78. The third kappa shape index (κ3) is 3.72. The lowest BCUT2D eigenvalue weighted by atomic mass is 9.89. The number of aromatic hydroxyl groups is 1. The number of piperidine rings is 1. The molecule has 1 aliphatic heterocycles. The van der Waals surface area contributed by atoms with Gasteiger partial charge in [-0.3, -0.25) is 0 Å². The number of aryl methyl sites for hydroxylation is 1. The first-order chi connectivity index (χ1) is 12.2. The van der Waals surface area contributed by atoms with Crippen molar-refractivity contribution in [3.63, 3.8) is 0 Å². The maximum absolute atomic E-state index is 10.8. The van der Waals surface area contributed by atoms with Crippen LogP contribution in [0, 0.1) is 18.8 Å². The second kappa shape index (κ2) is 7.41. The van der Waals surface area contributed by atoms with Crippen molar-refractivity contribution < 1.29 is 5.11 Å². The Balaban J connectivity index is 1.57. The monoisotopic (exact) mass is 340 g/mol. The largest absolute Gasteiger partial charge is 0.494 e. The molecule has 0 spiro atoms. The molecule has 1 aromatic heterocycles. The summed E-state index contributed by atoms with van der Waals surface area (Å²) in [6.07, 6.45) is 12.6. The molecule has 4 rings (SSSR count). The molecular weight excluding hydrogens is 308 g/mol. The van der Waals surface area contributed by atoms with Gasteiger partial charge in [-0.1, -0.05) is 25.3 Å². The lowest BCUT2D eigenvalue weighted by Gasteiger charge is -2.22. The molecule has 2 fully saturated rings. The number of benzene rings is 1. The van der Waals surface area contributed by atoms with Gasteiger partial charge in [0.05, 0.1) is 0 Å².